The molecule has 2 amide bonds. The number of nitrogens with one attached hydrogen (secondary N) is 3. The Kier molecular flexibility index (Phi) is 5.79. The Hall–Kier alpha value is -1.10. The van der Waals surface area contributed by atoms with Crippen LogP contribution in [0, 0.1) is 5.41 Å². The normalized spacial score (nSPS) is 23.8. The van der Waals surface area contributed by atoms with Crippen molar-refractivity contribution in [3.63, 3.8) is 0 Å². The molecule has 1 fully saturated rings. The molecule has 1 aliphatic rings. The first-order valence-electron chi connectivity index (χ1n) is 7.10. The van der Waals surface area contributed by atoms with E-state index in [-0.39, 0.29) is 17.9 Å². The number of carbonyl (C=O) groups is 2. The van der Waals surface area contributed by atoms with Gasteiger partial charge in [0.1, 0.15) is 0 Å². The molecular formula is C14H27N3O2. The zero-order valence-electron chi connectivity index (χ0n) is 12.5. The summed E-state index contributed by atoms with van der Waals surface area (Å²) in [4.78, 5) is 23.4. The number of hydrogen-bond donors (Lipinski definition) is 3. The first-order valence-corrected chi connectivity index (χ1v) is 7.10. The second kappa shape index (κ2) is 6.89. The predicted octanol–water partition coefficient (Wildman–Crippen LogP) is 0.796. The van der Waals surface area contributed by atoms with Gasteiger partial charge in [0.05, 0.1) is 0 Å². The number of rotatable bonds is 4. The Balaban J connectivity index is 2.19. The molecule has 0 bridgehead atoms. The van der Waals surface area contributed by atoms with Gasteiger partial charge in [0.25, 0.3) is 0 Å². The smallest absolute Gasteiger partial charge is 0.225 e. The molecule has 1 rings (SSSR count). The van der Waals surface area contributed by atoms with E-state index in [1.807, 2.05) is 20.8 Å². The molecule has 19 heavy (non-hydrogen) atoms. The van der Waals surface area contributed by atoms with Crippen LogP contribution >= 0.6 is 0 Å². The summed E-state index contributed by atoms with van der Waals surface area (Å²) >= 11 is 0. The quantitative estimate of drug-likeness (QED) is 0.707. The van der Waals surface area contributed by atoms with Gasteiger partial charge in [-0.15, -0.1) is 0 Å². The van der Waals surface area contributed by atoms with Crippen molar-refractivity contribution >= 4 is 11.8 Å². The van der Waals surface area contributed by atoms with E-state index >= 15 is 0 Å². The van der Waals surface area contributed by atoms with E-state index in [4.69, 9.17) is 0 Å². The lowest BCUT2D eigenvalue weighted by molar-refractivity contribution is -0.128. The average Bonchev–Trinajstić information content (AvgIpc) is 2.27. The Morgan fingerprint density at radius 3 is 2.58 bits per heavy atom. The van der Waals surface area contributed by atoms with Crippen LogP contribution in [0.4, 0.5) is 0 Å². The fourth-order valence-corrected chi connectivity index (χ4v) is 2.12. The summed E-state index contributed by atoms with van der Waals surface area (Å²) in [6, 6.07) is 0.724. The predicted molar refractivity (Wildman–Crippen MR) is 75.7 cm³/mol. The molecule has 5 nitrogen and oxygen atoms in total. The van der Waals surface area contributed by atoms with Gasteiger partial charge in [0.15, 0.2) is 0 Å². The maximum atomic E-state index is 11.8. The SMILES string of the molecule is CC1CC(NC(=O)CCNC(=O)C(C)(C)C)CCN1. The van der Waals surface area contributed by atoms with E-state index in [1.165, 1.54) is 0 Å². The second-order valence-electron chi connectivity index (χ2n) is 6.40. The Bertz CT molecular complexity index is 323. The third kappa shape index (κ3) is 6.05. The van der Waals surface area contributed by atoms with Gasteiger partial charge in [-0.1, -0.05) is 20.8 Å². The summed E-state index contributed by atoms with van der Waals surface area (Å²) < 4.78 is 0. The fourth-order valence-electron chi connectivity index (χ4n) is 2.12. The van der Waals surface area contributed by atoms with Gasteiger partial charge >= 0.3 is 0 Å². The van der Waals surface area contributed by atoms with Crippen LogP contribution in [0.5, 0.6) is 0 Å². The van der Waals surface area contributed by atoms with Gasteiger partial charge in [0.2, 0.25) is 11.8 Å². The van der Waals surface area contributed by atoms with Gasteiger partial charge in [-0.3, -0.25) is 9.59 Å². The first-order chi connectivity index (χ1) is 8.79. The number of carbonyl (C=O) groups excluding carboxylic acids is 2. The number of amides is 2. The minimum absolute atomic E-state index is 0.0178. The van der Waals surface area contributed by atoms with Crippen molar-refractivity contribution in [2.75, 3.05) is 13.1 Å². The molecule has 0 aromatic rings. The van der Waals surface area contributed by atoms with Crippen molar-refractivity contribution < 1.29 is 9.59 Å². The average molecular weight is 269 g/mol. The second-order valence-corrected chi connectivity index (χ2v) is 6.40. The van der Waals surface area contributed by atoms with Gasteiger partial charge < -0.3 is 16.0 Å². The largest absolute Gasteiger partial charge is 0.355 e. The van der Waals surface area contributed by atoms with E-state index in [0.29, 0.717) is 19.0 Å². The molecule has 110 valence electrons. The maximum absolute atomic E-state index is 11.8. The Morgan fingerprint density at radius 1 is 1.32 bits per heavy atom. The van der Waals surface area contributed by atoms with Crippen LogP contribution < -0.4 is 16.0 Å². The van der Waals surface area contributed by atoms with Gasteiger partial charge in [-0.05, 0) is 26.3 Å². The molecule has 2 unspecified atom stereocenters. The van der Waals surface area contributed by atoms with E-state index < -0.39 is 5.41 Å². The summed E-state index contributed by atoms with van der Waals surface area (Å²) in [7, 11) is 0. The molecule has 3 N–H and O–H groups in total. The van der Waals surface area contributed by atoms with Crippen molar-refractivity contribution in [1.29, 1.82) is 0 Å². The van der Waals surface area contributed by atoms with Crippen LogP contribution in [0.15, 0.2) is 0 Å². The van der Waals surface area contributed by atoms with Crippen molar-refractivity contribution in [2.45, 2.75) is 59.0 Å². The minimum atomic E-state index is -0.402. The standard InChI is InChI=1S/C14H27N3O2/c1-10-9-11(5-7-15-10)17-12(18)6-8-16-13(19)14(2,3)4/h10-11,15H,5-9H2,1-4H3,(H,16,19)(H,17,18). The lowest BCUT2D eigenvalue weighted by Gasteiger charge is -2.28. The van der Waals surface area contributed by atoms with Gasteiger partial charge in [-0.2, -0.15) is 0 Å². The number of hydrogen-bond acceptors (Lipinski definition) is 3. The number of piperidine rings is 1. The topological polar surface area (TPSA) is 70.2 Å². The highest BCUT2D eigenvalue weighted by molar-refractivity contribution is 5.82. The fraction of sp³-hybridized carbons (Fsp3) is 0.857. The Labute approximate surface area is 115 Å². The van der Waals surface area contributed by atoms with Crippen LogP contribution in [0.2, 0.25) is 0 Å². The van der Waals surface area contributed by atoms with Gasteiger partial charge in [-0.25, -0.2) is 0 Å². The highest BCUT2D eigenvalue weighted by atomic mass is 16.2. The molecule has 0 aromatic carbocycles. The van der Waals surface area contributed by atoms with Crippen LogP contribution in [0.1, 0.15) is 47.0 Å². The molecule has 1 saturated heterocycles. The van der Waals surface area contributed by atoms with Crippen molar-refractivity contribution in [3.05, 3.63) is 0 Å². The summed E-state index contributed by atoms with van der Waals surface area (Å²) in [6.45, 7) is 9.06. The molecule has 5 heteroatoms. The molecular weight excluding hydrogens is 242 g/mol. The van der Waals surface area contributed by atoms with Crippen LogP contribution in [0.3, 0.4) is 0 Å². The lowest BCUT2D eigenvalue weighted by Crippen LogP contribution is -2.47. The van der Waals surface area contributed by atoms with E-state index in [9.17, 15) is 9.59 Å². The first kappa shape index (κ1) is 16.0. The van der Waals surface area contributed by atoms with E-state index in [2.05, 4.69) is 22.9 Å². The van der Waals surface area contributed by atoms with E-state index in [1.54, 1.807) is 0 Å². The Morgan fingerprint density at radius 2 is 2.00 bits per heavy atom. The van der Waals surface area contributed by atoms with Crippen molar-refractivity contribution in [2.24, 2.45) is 5.41 Å². The van der Waals surface area contributed by atoms with Gasteiger partial charge in [0, 0.05) is 30.5 Å². The highest BCUT2D eigenvalue weighted by Crippen LogP contribution is 2.12. The molecule has 0 saturated carbocycles. The molecule has 0 radical (unpaired) electrons. The summed E-state index contributed by atoms with van der Waals surface area (Å²) in [6.07, 6.45) is 2.30. The monoisotopic (exact) mass is 269 g/mol. The molecule has 0 aromatic heterocycles. The summed E-state index contributed by atoms with van der Waals surface area (Å²) in [5, 5.41) is 9.17. The molecule has 1 aliphatic heterocycles. The van der Waals surface area contributed by atoms with Crippen molar-refractivity contribution in [3.8, 4) is 0 Å². The lowest BCUT2D eigenvalue weighted by atomic mass is 9.96. The minimum Gasteiger partial charge on any atom is -0.355 e. The molecule has 0 aliphatic carbocycles. The zero-order chi connectivity index (χ0) is 14.5. The molecule has 0 spiro atoms. The van der Waals surface area contributed by atoms with Crippen molar-refractivity contribution in [1.82, 2.24) is 16.0 Å². The summed E-state index contributed by atoms with van der Waals surface area (Å²) in [5.74, 6) is 0.00379. The van der Waals surface area contributed by atoms with Crippen LogP contribution in [-0.2, 0) is 9.59 Å². The molecule has 1 heterocycles. The third-order valence-corrected chi connectivity index (χ3v) is 3.31. The van der Waals surface area contributed by atoms with Crippen LogP contribution in [0.25, 0.3) is 0 Å². The van der Waals surface area contributed by atoms with E-state index in [0.717, 1.165) is 19.4 Å². The summed E-state index contributed by atoms with van der Waals surface area (Å²) in [5.41, 5.74) is -0.402. The van der Waals surface area contributed by atoms with Crippen LogP contribution in [-0.4, -0.2) is 37.0 Å². The maximum Gasteiger partial charge on any atom is 0.225 e. The molecule has 2 atom stereocenters. The zero-order valence-corrected chi connectivity index (χ0v) is 12.5. The highest BCUT2D eigenvalue weighted by Gasteiger charge is 2.22. The third-order valence-electron chi connectivity index (χ3n) is 3.31.